The highest BCUT2D eigenvalue weighted by Crippen LogP contribution is 2.28. The zero-order chi connectivity index (χ0) is 17.2. The second kappa shape index (κ2) is 6.79. The molecule has 0 spiro atoms. The Morgan fingerprint density at radius 2 is 1.71 bits per heavy atom. The van der Waals surface area contributed by atoms with Gasteiger partial charge in [0, 0.05) is 5.69 Å². The number of carbonyl (C=O) groups is 2. The number of rotatable bonds is 3. The lowest BCUT2D eigenvalue weighted by molar-refractivity contribution is -0.145. The topological polar surface area (TPSA) is 99.3 Å². The minimum atomic E-state index is -1.25. The Labute approximate surface area is 140 Å². The largest absolute Gasteiger partial charge is 0.480 e. The van der Waals surface area contributed by atoms with E-state index < -0.39 is 23.0 Å². The molecule has 1 heterocycles. The summed E-state index contributed by atoms with van der Waals surface area (Å²) >= 11 is 0. The third kappa shape index (κ3) is 3.23. The summed E-state index contributed by atoms with van der Waals surface area (Å²) in [5.74, 6) is -1.58. The first kappa shape index (κ1) is 16.7. The summed E-state index contributed by atoms with van der Waals surface area (Å²) in [6.45, 7) is 0. The van der Waals surface area contributed by atoms with Gasteiger partial charge in [0.05, 0.1) is 0 Å². The number of aromatic nitrogens is 1. The fourth-order valence-electron chi connectivity index (χ4n) is 3.85. The lowest BCUT2D eigenvalue weighted by Crippen LogP contribution is -2.55. The van der Waals surface area contributed by atoms with Crippen LogP contribution in [-0.4, -0.2) is 27.5 Å². The minimum Gasteiger partial charge on any atom is -0.480 e. The van der Waals surface area contributed by atoms with Gasteiger partial charge in [0.25, 0.3) is 11.5 Å². The number of hydrogen-bond donors (Lipinski definition) is 3. The van der Waals surface area contributed by atoms with Gasteiger partial charge in [-0.15, -0.1) is 0 Å². The van der Waals surface area contributed by atoms with Crippen molar-refractivity contribution in [2.75, 3.05) is 0 Å². The van der Waals surface area contributed by atoms with Crippen molar-refractivity contribution in [3.63, 3.8) is 0 Å². The van der Waals surface area contributed by atoms with Gasteiger partial charge in [-0.3, -0.25) is 9.59 Å². The van der Waals surface area contributed by atoms with Gasteiger partial charge < -0.3 is 15.4 Å². The maximum absolute atomic E-state index is 12.6. The van der Waals surface area contributed by atoms with E-state index in [9.17, 15) is 19.5 Å². The molecule has 0 aliphatic heterocycles. The van der Waals surface area contributed by atoms with Crippen LogP contribution in [0.15, 0.2) is 10.9 Å². The monoisotopic (exact) mass is 332 g/mol. The van der Waals surface area contributed by atoms with E-state index in [4.69, 9.17) is 0 Å². The molecule has 0 saturated heterocycles. The molecule has 1 aromatic heterocycles. The lowest BCUT2D eigenvalue weighted by Gasteiger charge is -2.29. The van der Waals surface area contributed by atoms with Crippen LogP contribution in [0, 0.1) is 0 Å². The van der Waals surface area contributed by atoms with Crippen LogP contribution in [0.3, 0.4) is 0 Å². The highest BCUT2D eigenvalue weighted by Gasteiger charge is 2.40. The summed E-state index contributed by atoms with van der Waals surface area (Å²) in [6, 6.07) is 1.65. The zero-order valence-corrected chi connectivity index (χ0v) is 13.8. The van der Waals surface area contributed by atoms with E-state index >= 15 is 0 Å². The maximum Gasteiger partial charge on any atom is 0.329 e. The number of amides is 1. The number of carboxylic acid groups (broad SMARTS) is 1. The molecule has 1 amide bonds. The molecule has 1 saturated carbocycles. The maximum atomic E-state index is 12.6. The molecule has 2 aliphatic rings. The van der Waals surface area contributed by atoms with Gasteiger partial charge in [0.2, 0.25) is 0 Å². The molecular weight excluding hydrogens is 308 g/mol. The summed E-state index contributed by atoms with van der Waals surface area (Å²) in [6.07, 6.45) is 8.07. The number of hydrogen-bond acceptors (Lipinski definition) is 3. The predicted molar refractivity (Wildman–Crippen MR) is 89.2 cm³/mol. The summed E-state index contributed by atoms with van der Waals surface area (Å²) in [5, 5.41) is 12.3. The first-order chi connectivity index (χ1) is 11.5. The third-order valence-corrected chi connectivity index (χ3v) is 5.30. The second-order valence-electron chi connectivity index (χ2n) is 6.98. The summed E-state index contributed by atoms with van der Waals surface area (Å²) in [4.78, 5) is 39.5. The van der Waals surface area contributed by atoms with Crippen LogP contribution < -0.4 is 10.9 Å². The molecule has 1 fully saturated rings. The molecule has 2 aliphatic carbocycles. The molecule has 0 bridgehead atoms. The number of H-pyrrole nitrogens is 1. The summed E-state index contributed by atoms with van der Waals surface area (Å²) in [7, 11) is 0. The molecule has 1 aromatic rings. The average molecular weight is 332 g/mol. The molecule has 3 rings (SSSR count). The predicted octanol–water partition coefficient (Wildman–Crippen LogP) is 2.16. The minimum absolute atomic E-state index is 0.0283. The van der Waals surface area contributed by atoms with E-state index in [-0.39, 0.29) is 5.56 Å². The van der Waals surface area contributed by atoms with E-state index in [0.717, 1.165) is 62.6 Å². The van der Waals surface area contributed by atoms with Crippen LogP contribution >= 0.6 is 0 Å². The molecule has 130 valence electrons. The smallest absolute Gasteiger partial charge is 0.329 e. The molecule has 0 atom stereocenters. The third-order valence-electron chi connectivity index (χ3n) is 5.30. The standard InChI is InChI=1S/C18H24N2O4/c21-15-13(11-12-7-3-4-8-14(12)19-15)16(22)20-18(17(23)24)9-5-1-2-6-10-18/h11H,1-10H2,(H,19,21)(H,20,22)(H,23,24). The second-order valence-corrected chi connectivity index (χ2v) is 6.98. The Balaban J connectivity index is 1.88. The van der Waals surface area contributed by atoms with Crippen molar-refractivity contribution in [2.24, 2.45) is 0 Å². The van der Waals surface area contributed by atoms with Gasteiger partial charge in [0.1, 0.15) is 11.1 Å². The number of aryl methyl sites for hydroxylation is 2. The Morgan fingerprint density at radius 1 is 1.04 bits per heavy atom. The fourth-order valence-corrected chi connectivity index (χ4v) is 3.85. The Bertz CT molecular complexity index is 699. The van der Waals surface area contributed by atoms with E-state index in [1.165, 1.54) is 0 Å². The molecule has 0 radical (unpaired) electrons. The van der Waals surface area contributed by atoms with Crippen molar-refractivity contribution < 1.29 is 14.7 Å². The molecule has 3 N–H and O–H groups in total. The van der Waals surface area contributed by atoms with Gasteiger partial charge in [-0.2, -0.15) is 0 Å². The molecule has 0 unspecified atom stereocenters. The van der Waals surface area contributed by atoms with E-state index in [2.05, 4.69) is 10.3 Å². The van der Waals surface area contributed by atoms with Gasteiger partial charge in [-0.05, 0) is 50.2 Å². The van der Waals surface area contributed by atoms with Gasteiger partial charge in [0.15, 0.2) is 0 Å². The van der Waals surface area contributed by atoms with Crippen molar-refractivity contribution in [3.8, 4) is 0 Å². The van der Waals surface area contributed by atoms with Crippen LogP contribution in [0.2, 0.25) is 0 Å². The van der Waals surface area contributed by atoms with Crippen molar-refractivity contribution in [1.82, 2.24) is 10.3 Å². The van der Waals surface area contributed by atoms with Gasteiger partial charge in [-0.1, -0.05) is 25.7 Å². The highest BCUT2D eigenvalue weighted by atomic mass is 16.4. The number of carbonyl (C=O) groups excluding carboxylic acids is 1. The Kier molecular flexibility index (Phi) is 4.73. The van der Waals surface area contributed by atoms with Crippen LogP contribution in [0.25, 0.3) is 0 Å². The molecule has 0 aromatic carbocycles. The van der Waals surface area contributed by atoms with Crippen molar-refractivity contribution >= 4 is 11.9 Å². The van der Waals surface area contributed by atoms with Crippen LogP contribution in [0.1, 0.15) is 73.0 Å². The Morgan fingerprint density at radius 3 is 2.38 bits per heavy atom. The SMILES string of the molecule is O=C(NC1(C(=O)O)CCCCCC1)c1cc2c([nH]c1=O)CCCC2. The zero-order valence-electron chi connectivity index (χ0n) is 13.8. The number of nitrogens with one attached hydrogen (secondary N) is 2. The summed E-state index contributed by atoms with van der Waals surface area (Å²) < 4.78 is 0. The first-order valence-electron chi connectivity index (χ1n) is 8.83. The van der Waals surface area contributed by atoms with Crippen molar-refractivity contribution in [3.05, 3.63) is 33.2 Å². The lowest BCUT2D eigenvalue weighted by atomic mass is 9.89. The highest BCUT2D eigenvalue weighted by molar-refractivity contribution is 5.97. The number of fused-ring (bicyclic) bond motifs is 1. The van der Waals surface area contributed by atoms with E-state index in [1.54, 1.807) is 6.07 Å². The summed E-state index contributed by atoms with van der Waals surface area (Å²) in [5.41, 5.74) is 0.250. The van der Waals surface area contributed by atoms with Crippen LogP contribution in [0.5, 0.6) is 0 Å². The molecule has 6 heteroatoms. The van der Waals surface area contributed by atoms with Crippen LogP contribution in [0.4, 0.5) is 0 Å². The van der Waals surface area contributed by atoms with Crippen LogP contribution in [-0.2, 0) is 17.6 Å². The number of aromatic amines is 1. The number of aliphatic carboxylic acids is 1. The van der Waals surface area contributed by atoms with Crippen molar-refractivity contribution in [2.45, 2.75) is 69.7 Å². The number of pyridine rings is 1. The fraction of sp³-hybridized carbons (Fsp3) is 0.611. The average Bonchev–Trinajstić information content (AvgIpc) is 2.80. The number of carboxylic acids is 1. The van der Waals surface area contributed by atoms with E-state index in [0.29, 0.717) is 12.8 Å². The van der Waals surface area contributed by atoms with Gasteiger partial charge in [-0.25, -0.2) is 4.79 Å². The first-order valence-corrected chi connectivity index (χ1v) is 8.83. The molecule has 6 nitrogen and oxygen atoms in total. The molecule has 24 heavy (non-hydrogen) atoms. The molecular formula is C18H24N2O4. The van der Waals surface area contributed by atoms with Gasteiger partial charge >= 0.3 is 5.97 Å². The van der Waals surface area contributed by atoms with Crippen molar-refractivity contribution in [1.29, 1.82) is 0 Å². The quantitative estimate of drug-likeness (QED) is 0.739. The Hall–Kier alpha value is -2.11. The normalized spacial score (nSPS) is 19.8. The van der Waals surface area contributed by atoms with E-state index in [1.807, 2.05) is 0 Å².